The Morgan fingerprint density at radius 2 is 2.67 bits per heavy atom. The fourth-order valence-electron chi connectivity index (χ4n) is 0.382. The normalized spacial score (nSPS) is 19.8. The van der Waals surface area contributed by atoms with Gasteiger partial charge in [-0.05, 0) is 0 Å². The fraction of sp³-hybridized carbons (Fsp3) is 0.333. The average Bonchev–Trinajstić information content (AvgIpc) is 1.86. The van der Waals surface area contributed by atoms with Crippen molar-refractivity contribution in [3.63, 3.8) is 0 Å². The lowest BCUT2D eigenvalue weighted by Gasteiger charge is -1.86. The highest BCUT2D eigenvalue weighted by atomic mass is 16.5. The Labute approximate surface area is 36.6 Å². The first-order chi connectivity index (χ1) is 2.89. The molecule has 0 fully saturated rings. The number of hydrogen-bond acceptors (Lipinski definition) is 2. The van der Waals surface area contributed by atoms with Crippen molar-refractivity contribution in [1.29, 1.82) is 0 Å². The molecule has 1 aliphatic rings. The van der Waals surface area contributed by atoms with Crippen molar-refractivity contribution in [1.82, 2.24) is 0 Å². The molecule has 0 aromatic heterocycles. The van der Waals surface area contributed by atoms with Crippen LogP contribution in [0.3, 0.4) is 0 Å². The van der Waals surface area contributed by atoms with Crippen LogP contribution in [-0.2, 0) is 4.65 Å². The maximum absolute atomic E-state index is 8.42. The molecule has 0 saturated heterocycles. The van der Waals surface area contributed by atoms with Crippen molar-refractivity contribution < 1.29 is 9.68 Å². The second kappa shape index (κ2) is 1.45. The minimum absolute atomic E-state index is 0.557. The van der Waals surface area contributed by atoms with E-state index in [9.17, 15) is 0 Å². The molecule has 3 heteroatoms. The van der Waals surface area contributed by atoms with E-state index in [1.165, 1.54) is 0 Å². The van der Waals surface area contributed by atoms with E-state index in [2.05, 4.69) is 4.65 Å². The molecular formula is C3H5BO2. The maximum Gasteiger partial charge on any atom is 0.483 e. The molecule has 0 unspecified atom stereocenters. The van der Waals surface area contributed by atoms with Crippen molar-refractivity contribution in [2.24, 2.45) is 0 Å². The minimum Gasteiger partial charge on any atom is -0.423 e. The number of hydrogen-bond donors (Lipinski definition) is 1. The van der Waals surface area contributed by atoms with Crippen LogP contribution in [0.4, 0.5) is 0 Å². The molecule has 6 heavy (non-hydrogen) atoms. The van der Waals surface area contributed by atoms with E-state index in [-0.39, 0.29) is 0 Å². The first-order valence-electron chi connectivity index (χ1n) is 1.86. The lowest BCUT2D eigenvalue weighted by Crippen LogP contribution is -2.07. The van der Waals surface area contributed by atoms with Crippen LogP contribution in [0.2, 0.25) is 0 Å². The standard InChI is InChI=1S/C3H5BO2/c5-4-2-1-3-6-4/h1-2,5H,3H2. The van der Waals surface area contributed by atoms with Gasteiger partial charge in [0.05, 0.1) is 0 Å². The summed E-state index contributed by atoms with van der Waals surface area (Å²) in [5, 5.41) is 8.42. The molecular weight excluding hydrogens is 78.8 g/mol. The molecule has 1 rings (SSSR count). The van der Waals surface area contributed by atoms with Gasteiger partial charge in [-0.25, -0.2) is 0 Å². The monoisotopic (exact) mass is 84.0 g/mol. The van der Waals surface area contributed by atoms with Gasteiger partial charge in [-0.3, -0.25) is 0 Å². The largest absolute Gasteiger partial charge is 0.483 e. The molecule has 0 amide bonds. The zero-order valence-electron chi connectivity index (χ0n) is 3.29. The Balaban J connectivity index is 2.38. The van der Waals surface area contributed by atoms with E-state index in [4.69, 9.17) is 5.02 Å². The molecule has 0 atom stereocenters. The molecule has 1 aliphatic heterocycles. The quantitative estimate of drug-likeness (QED) is 0.404. The Morgan fingerprint density at radius 1 is 1.83 bits per heavy atom. The molecule has 0 aromatic carbocycles. The molecule has 0 spiro atoms. The average molecular weight is 83.9 g/mol. The topological polar surface area (TPSA) is 29.5 Å². The van der Waals surface area contributed by atoms with E-state index >= 15 is 0 Å². The molecule has 0 aromatic rings. The van der Waals surface area contributed by atoms with Crippen molar-refractivity contribution in [3.8, 4) is 0 Å². The van der Waals surface area contributed by atoms with Crippen LogP contribution >= 0.6 is 0 Å². The van der Waals surface area contributed by atoms with Crippen LogP contribution in [0.1, 0.15) is 0 Å². The van der Waals surface area contributed by atoms with E-state index in [1.54, 1.807) is 12.1 Å². The molecule has 32 valence electrons. The molecule has 1 N–H and O–H groups in total. The summed E-state index contributed by atoms with van der Waals surface area (Å²) < 4.78 is 4.60. The molecule has 0 saturated carbocycles. The number of rotatable bonds is 0. The molecule has 1 heterocycles. The lowest BCUT2D eigenvalue weighted by atomic mass is 9.94. The van der Waals surface area contributed by atoms with Crippen LogP contribution in [0.5, 0.6) is 0 Å². The van der Waals surface area contributed by atoms with Gasteiger partial charge in [0.1, 0.15) is 0 Å². The van der Waals surface area contributed by atoms with Crippen LogP contribution in [-0.4, -0.2) is 18.7 Å². The van der Waals surface area contributed by atoms with Crippen LogP contribution < -0.4 is 0 Å². The molecule has 0 radical (unpaired) electrons. The smallest absolute Gasteiger partial charge is 0.423 e. The van der Waals surface area contributed by atoms with Gasteiger partial charge in [-0.15, -0.1) is 0 Å². The summed E-state index contributed by atoms with van der Waals surface area (Å²) >= 11 is 0. The second-order valence-corrected chi connectivity index (χ2v) is 1.15. The van der Waals surface area contributed by atoms with Gasteiger partial charge in [-0.1, -0.05) is 12.1 Å². The fourth-order valence-corrected chi connectivity index (χ4v) is 0.382. The summed E-state index contributed by atoms with van der Waals surface area (Å²) in [6, 6.07) is 0. The zero-order chi connectivity index (χ0) is 4.41. The van der Waals surface area contributed by atoms with Crippen molar-refractivity contribution in [2.45, 2.75) is 0 Å². The lowest BCUT2D eigenvalue weighted by molar-refractivity contribution is 0.315. The Hall–Kier alpha value is -0.275. The zero-order valence-corrected chi connectivity index (χ0v) is 3.29. The van der Waals surface area contributed by atoms with E-state index in [0.29, 0.717) is 6.61 Å². The van der Waals surface area contributed by atoms with Gasteiger partial charge in [0.2, 0.25) is 0 Å². The Kier molecular flexibility index (Phi) is 0.942. The van der Waals surface area contributed by atoms with Crippen LogP contribution in [0, 0.1) is 0 Å². The summed E-state index contributed by atoms with van der Waals surface area (Å²) in [7, 11) is -0.634. The third-order valence-electron chi connectivity index (χ3n) is 0.664. The van der Waals surface area contributed by atoms with Crippen LogP contribution in [0.25, 0.3) is 0 Å². The summed E-state index contributed by atoms with van der Waals surface area (Å²) in [6.07, 6.45) is 1.78. The summed E-state index contributed by atoms with van der Waals surface area (Å²) in [6.45, 7) is 0.557. The highest BCUT2D eigenvalue weighted by molar-refractivity contribution is 6.49. The van der Waals surface area contributed by atoms with Gasteiger partial charge < -0.3 is 9.68 Å². The predicted molar refractivity (Wildman–Crippen MR) is 23.1 cm³/mol. The summed E-state index contributed by atoms with van der Waals surface area (Å²) in [5.74, 6) is 1.61. The van der Waals surface area contributed by atoms with Gasteiger partial charge in [-0.2, -0.15) is 0 Å². The van der Waals surface area contributed by atoms with Crippen LogP contribution in [0.15, 0.2) is 12.1 Å². The van der Waals surface area contributed by atoms with E-state index < -0.39 is 7.12 Å². The highest BCUT2D eigenvalue weighted by Crippen LogP contribution is 1.91. The molecule has 2 nitrogen and oxygen atoms in total. The summed E-state index contributed by atoms with van der Waals surface area (Å²) in [4.78, 5) is 0. The van der Waals surface area contributed by atoms with E-state index in [1.807, 2.05) is 0 Å². The highest BCUT2D eigenvalue weighted by Gasteiger charge is 2.09. The summed E-state index contributed by atoms with van der Waals surface area (Å²) in [5.41, 5.74) is 0. The van der Waals surface area contributed by atoms with Crippen molar-refractivity contribution in [3.05, 3.63) is 12.1 Å². The SMILES string of the molecule is OB1C=CCO1. The molecule has 0 aliphatic carbocycles. The Morgan fingerprint density at radius 3 is 2.83 bits per heavy atom. The maximum atomic E-state index is 8.42. The van der Waals surface area contributed by atoms with Crippen molar-refractivity contribution in [2.75, 3.05) is 6.61 Å². The van der Waals surface area contributed by atoms with Crippen molar-refractivity contribution >= 4 is 7.12 Å². The van der Waals surface area contributed by atoms with Gasteiger partial charge >= 0.3 is 7.12 Å². The third kappa shape index (κ3) is 0.612. The third-order valence-corrected chi connectivity index (χ3v) is 0.664. The van der Waals surface area contributed by atoms with Gasteiger partial charge in [0, 0.05) is 6.61 Å². The van der Waals surface area contributed by atoms with Gasteiger partial charge in [0.15, 0.2) is 0 Å². The Bertz CT molecular complexity index is 71.2. The predicted octanol–water partition coefficient (Wildman–Crippen LogP) is -0.407. The second-order valence-electron chi connectivity index (χ2n) is 1.15. The molecule has 0 bridgehead atoms. The first-order valence-corrected chi connectivity index (χ1v) is 1.86. The minimum atomic E-state index is -0.634. The van der Waals surface area contributed by atoms with Gasteiger partial charge in [0.25, 0.3) is 0 Å². The first kappa shape index (κ1) is 3.90. The van der Waals surface area contributed by atoms with E-state index in [0.717, 1.165) is 0 Å².